The van der Waals surface area contributed by atoms with Gasteiger partial charge in [0.25, 0.3) is 0 Å². The van der Waals surface area contributed by atoms with E-state index in [1.54, 1.807) is 11.0 Å². The Morgan fingerprint density at radius 3 is 2.60 bits per heavy atom. The number of benzene rings is 1. The molecule has 2 atom stereocenters. The Morgan fingerprint density at radius 1 is 1.13 bits per heavy atom. The first-order valence-electron chi connectivity index (χ1n) is 10.7. The average molecular weight is 434 g/mol. The molecule has 2 N–H and O–H groups in total. The maximum Gasteiger partial charge on any atom is 0.410 e. The molecule has 0 radical (unpaired) electrons. The monoisotopic (exact) mass is 433 g/mol. The number of primary amides is 1. The molecule has 1 aliphatic carbocycles. The highest BCUT2D eigenvalue weighted by Gasteiger charge is 2.41. The zero-order valence-corrected chi connectivity index (χ0v) is 17.8. The fraction of sp³-hybridized carbons (Fsp3) is 0.591. The third-order valence-electron chi connectivity index (χ3n) is 6.55. The van der Waals surface area contributed by atoms with E-state index in [2.05, 4.69) is 0 Å². The van der Waals surface area contributed by atoms with Gasteiger partial charge in [0.1, 0.15) is 12.1 Å². The van der Waals surface area contributed by atoms with E-state index in [9.17, 15) is 14.4 Å². The quantitative estimate of drug-likeness (QED) is 0.788. The molecule has 0 spiro atoms. The Hall–Kier alpha value is -2.28. The van der Waals surface area contributed by atoms with Gasteiger partial charge in [-0.3, -0.25) is 14.5 Å². The molecule has 1 aromatic rings. The number of nitrogens with two attached hydrogens (primary N) is 1. The minimum Gasteiger partial charge on any atom is -0.444 e. The van der Waals surface area contributed by atoms with E-state index in [0.717, 1.165) is 36.8 Å². The van der Waals surface area contributed by atoms with Crippen molar-refractivity contribution in [2.45, 2.75) is 70.2 Å². The van der Waals surface area contributed by atoms with Crippen molar-refractivity contribution in [1.82, 2.24) is 9.80 Å². The number of likely N-dealkylation sites (tertiary alicyclic amines) is 1. The lowest BCUT2D eigenvalue weighted by molar-refractivity contribution is -0.138. The van der Waals surface area contributed by atoms with Crippen molar-refractivity contribution in [2.75, 3.05) is 6.54 Å². The van der Waals surface area contributed by atoms with E-state index < -0.39 is 24.1 Å². The minimum atomic E-state index is -0.718. The van der Waals surface area contributed by atoms with Crippen LogP contribution in [-0.4, -0.2) is 46.4 Å². The van der Waals surface area contributed by atoms with Crippen molar-refractivity contribution in [3.05, 3.63) is 34.3 Å². The summed E-state index contributed by atoms with van der Waals surface area (Å²) < 4.78 is 5.66. The molecule has 3 aliphatic rings. The van der Waals surface area contributed by atoms with Crippen LogP contribution in [0.4, 0.5) is 4.79 Å². The molecule has 162 valence electrons. The summed E-state index contributed by atoms with van der Waals surface area (Å²) >= 11 is 6.22. The molecule has 8 heteroatoms. The molecule has 2 fully saturated rings. The highest BCUT2D eigenvalue weighted by Crippen LogP contribution is 2.31. The number of hydrogen-bond donors (Lipinski definition) is 1. The molecule has 30 heavy (non-hydrogen) atoms. The predicted molar refractivity (Wildman–Crippen MR) is 111 cm³/mol. The number of halogens is 1. The summed E-state index contributed by atoms with van der Waals surface area (Å²) in [7, 11) is 0. The SMILES string of the molecule is NC(=O)C1CC(OC(=O)N2Cc3cccc(Cl)c3C2)CN1C(=O)CC1CCCCC1. The van der Waals surface area contributed by atoms with Crippen molar-refractivity contribution in [1.29, 1.82) is 0 Å². The van der Waals surface area contributed by atoms with E-state index in [1.165, 1.54) is 11.3 Å². The van der Waals surface area contributed by atoms with Gasteiger partial charge in [-0.1, -0.05) is 43.0 Å². The molecule has 4 rings (SSSR count). The van der Waals surface area contributed by atoms with Crippen molar-refractivity contribution in [2.24, 2.45) is 11.7 Å². The second-order valence-corrected chi connectivity index (χ2v) is 9.05. The Morgan fingerprint density at radius 2 is 1.90 bits per heavy atom. The Kier molecular flexibility index (Phi) is 6.18. The third kappa shape index (κ3) is 4.41. The van der Waals surface area contributed by atoms with Gasteiger partial charge in [-0.25, -0.2) is 4.79 Å². The topological polar surface area (TPSA) is 92.9 Å². The van der Waals surface area contributed by atoms with Crippen LogP contribution < -0.4 is 5.73 Å². The van der Waals surface area contributed by atoms with Crippen LogP contribution >= 0.6 is 11.6 Å². The van der Waals surface area contributed by atoms with Crippen LogP contribution in [0.3, 0.4) is 0 Å². The number of nitrogens with zero attached hydrogens (tertiary/aromatic N) is 2. The molecular formula is C22H28ClN3O4. The molecule has 2 heterocycles. The molecule has 2 unspecified atom stereocenters. The number of hydrogen-bond acceptors (Lipinski definition) is 4. The second kappa shape index (κ2) is 8.84. The van der Waals surface area contributed by atoms with Crippen LogP contribution in [0.5, 0.6) is 0 Å². The smallest absolute Gasteiger partial charge is 0.410 e. The van der Waals surface area contributed by atoms with Gasteiger partial charge in [-0.2, -0.15) is 0 Å². The Bertz CT molecular complexity index is 840. The lowest BCUT2D eigenvalue weighted by Gasteiger charge is -2.26. The maximum absolute atomic E-state index is 12.9. The minimum absolute atomic E-state index is 0.0652. The van der Waals surface area contributed by atoms with E-state index >= 15 is 0 Å². The molecule has 0 bridgehead atoms. The lowest BCUT2D eigenvalue weighted by atomic mass is 9.86. The van der Waals surface area contributed by atoms with Gasteiger partial charge in [-0.15, -0.1) is 0 Å². The van der Waals surface area contributed by atoms with Crippen LogP contribution in [0.25, 0.3) is 0 Å². The summed E-state index contributed by atoms with van der Waals surface area (Å²) in [6, 6.07) is 4.89. The number of carbonyl (C=O) groups excluding carboxylic acids is 3. The molecule has 1 saturated carbocycles. The lowest BCUT2D eigenvalue weighted by Crippen LogP contribution is -2.44. The molecular weight excluding hydrogens is 406 g/mol. The molecule has 0 aromatic heterocycles. The van der Waals surface area contributed by atoms with Gasteiger partial charge in [0.05, 0.1) is 13.1 Å². The van der Waals surface area contributed by atoms with Gasteiger partial charge in [0, 0.05) is 24.4 Å². The zero-order valence-electron chi connectivity index (χ0n) is 17.0. The van der Waals surface area contributed by atoms with Crippen molar-refractivity contribution in [3.8, 4) is 0 Å². The summed E-state index contributed by atoms with van der Waals surface area (Å²) in [4.78, 5) is 40.6. The highest BCUT2D eigenvalue weighted by molar-refractivity contribution is 6.31. The van der Waals surface area contributed by atoms with Gasteiger partial charge < -0.3 is 15.4 Å². The summed E-state index contributed by atoms with van der Waals surface area (Å²) in [5.41, 5.74) is 7.49. The third-order valence-corrected chi connectivity index (χ3v) is 6.91. The maximum atomic E-state index is 12.9. The van der Waals surface area contributed by atoms with E-state index in [-0.39, 0.29) is 18.9 Å². The van der Waals surface area contributed by atoms with Crippen LogP contribution in [0.2, 0.25) is 5.02 Å². The summed E-state index contributed by atoms with van der Waals surface area (Å²) in [5, 5.41) is 0.636. The first kappa shape index (κ1) is 21.0. The number of amides is 3. The molecule has 7 nitrogen and oxygen atoms in total. The predicted octanol–water partition coefficient (Wildman–Crippen LogP) is 3.22. The zero-order chi connectivity index (χ0) is 21.3. The van der Waals surface area contributed by atoms with E-state index in [4.69, 9.17) is 22.1 Å². The number of rotatable bonds is 4. The van der Waals surface area contributed by atoms with Crippen LogP contribution in [0.1, 0.15) is 56.1 Å². The Balaban J connectivity index is 1.36. The molecule has 3 amide bonds. The van der Waals surface area contributed by atoms with Crippen molar-refractivity contribution < 1.29 is 19.1 Å². The van der Waals surface area contributed by atoms with Gasteiger partial charge in [0.2, 0.25) is 11.8 Å². The van der Waals surface area contributed by atoms with Crippen molar-refractivity contribution >= 4 is 29.5 Å². The summed E-state index contributed by atoms with van der Waals surface area (Å²) in [6.45, 7) is 1.04. The van der Waals surface area contributed by atoms with Gasteiger partial charge in [-0.05, 0) is 36.0 Å². The molecule has 1 saturated heterocycles. The average Bonchev–Trinajstić information content (AvgIpc) is 3.34. The fourth-order valence-electron chi connectivity index (χ4n) is 4.91. The van der Waals surface area contributed by atoms with Crippen LogP contribution in [-0.2, 0) is 27.4 Å². The number of carbonyl (C=O) groups is 3. The van der Waals surface area contributed by atoms with Gasteiger partial charge in [0.15, 0.2) is 0 Å². The Labute approximate surface area is 181 Å². The van der Waals surface area contributed by atoms with Crippen LogP contribution in [0, 0.1) is 5.92 Å². The molecule has 2 aliphatic heterocycles. The van der Waals surface area contributed by atoms with Crippen LogP contribution in [0.15, 0.2) is 18.2 Å². The van der Waals surface area contributed by atoms with E-state index in [0.29, 0.717) is 30.5 Å². The largest absolute Gasteiger partial charge is 0.444 e. The fourth-order valence-corrected chi connectivity index (χ4v) is 5.16. The summed E-state index contributed by atoms with van der Waals surface area (Å²) in [5.74, 6) is -0.246. The normalized spacial score (nSPS) is 24.0. The first-order chi connectivity index (χ1) is 14.4. The number of fused-ring (bicyclic) bond motifs is 1. The highest BCUT2D eigenvalue weighted by atomic mass is 35.5. The van der Waals surface area contributed by atoms with E-state index in [1.807, 2.05) is 12.1 Å². The standard InChI is InChI=1S/C22H28ClN3O4/c23-18-8-4-7-15-11-25(13-17(15)18)22(29)30-16-10-19(21(24)28)26(12-16)20(27)9-14-5-2-1-3-6-14/h4,7-8,14,16,19H,1-3,5-6,9-13H2,(H2,24,28). The van der Waals surface area contributed by atoms with Gasteiger partial charge >= 0.3 is 6.09 Å². The first-order valence-corrected chi connectivity index (χ1v) is 11.1. The number of ether oxygens (including phenoxy) is 1. The second-order valence-electron chi connectivity index (χ2n) is 8.65. The molecule has 1 aromatic carbocycles. The summed E-state index contributed by atoms with van der Waals surface area (Å²) in [6.07, 6.45) is 5.32. The van der Waals surface area contributed by atoms with Crippen molar-refractivity contribution in [3.63, 3.8) is 0 Å².